The number of aryl methyl sites for hydroxylation is 1. The molecule has 0 aliphatic carbocycles. The molecule has 1 aromatic heterocycles. The maximum atomic E-state index is 12.5. The molecule has 6 nitrogen and oxygen atoms in total. The summed E-state index contributed by atoms with van der Waals surface area (Å²) < 4.78 is 1.43. The number of nitrogen functional groups attached to an aromatic ring is 1. The smallest absolute Gasteiger partial charge is 0.230 e. The third-order valence-corrected chi connectivity index (χ3v) is 5.92. The van der Waals surface area contributed by atoms with E-state index in [9.17, 15) is 4.79 Å². The quantitative estimate of drug-likeness (QED) is 0.365. The number of hydrogen-bond donors (Lipinski definition) is 2. The van der Waals surface area contributed by atoms with Crippen LogP contribution >= 0.6 is 11.8 Å². The standard InChI is InChI=1S/C23H23N5OS/c1-15-10-12-18(13-11-15)22-26-27-23(28(22)24)30-14-21(29)25-16(2)19-9-5-7-17-6-3-4-8-20(17)19/h3-13,16H,14,24H2,1-2H3,(H,25,29). The van der Waals surface area contributed by atoms with E-state index in [0.29, 0.717) is 11.0 Å². The third kappa shape index (κ3) is 4.16. The van der Waals surface area contributed by atoms with E-state index in [-0.39, 0.29) is 17.7 Å². The van der Waals surface area contributed by atoms with Gasteiger partial charge in [-0.15, -0.1) is 10.2 Å². The van der Waals surface area contributed by atoms with Gasteiger partial charge in [0.05, 0.1) is 11.8 Å². The molecule has 0 bridgehead atoms. The fourth-order valence-corrected chi connectivity index (χ4v) is 4.06. The first-order valence-electron chi connectivity index (χ1n) is 9.70. The minimum absolute atomic E-state index is 0.0830. The highest BCUT2D eigenvalue weighted by Gasteiger charge is 2.16. The molecule has 7 heteroatoms. The molecule has 4 rings (SSSR count). The molecule has 0 aliphatic rings. The predicted octanol–water partition coefficient (Wildman–Crippen LogP) is 4.09. The first-order valence-corrected chi connectivity index (χ1v) is 10.7. The molecule has 3 aromatic carbocycles. The lowest BCUT2D eigenvalue weighted by Gasteiger charge is -2.16. The molecule has 1 heterocycles. The zero-order chi connectivity index (χ0) is 21.1. The summed E-state index contributed by atoms with van der Waals surface area (Å²) in [5.74, 6) is 6.85. The van der Waals surface area contributed by atoms with Gasteiger partial charge in [-0.05, 0) is 30.2 Å². The molecule has 1 unspecified atom stereocenters. The number of nitrogens with one attached hydrogen (secondary N) is 1. The van der Waals surface area contributed by atoms with Gasteiger partial charge in [-0.2, -0.15) is 0 Å². The Labute approximate surface area is 179 Å². The number of hydrogen-bond acceptors (Lipinski definition) is 5. The average molecular weight is 418 g/mol. The molecule has 4 aromatic rings. The van der Waals surface area contributed by atoms with E-state index in [1.54, 1.807) is 0 Å². The molecule has 30 heavy (non-hydrogen) atoms. The minimum atomic E-state index is -0.108. The zero-order valence-corrected chi connectivity index (χ0v) is 17.7. The van der Waals surface area contributed by atoms with Gasteiger partial charge >= 0.3 is 0 Å². The molecule has 1 amide bonds. The summed E-state index contributed by atoms with van der Waals surface area (Å²) in [4.78, 5) is 12.5. The molecule has 0 spiro atoms. The van der Waals surface area contributed by atoms with Crippen LogP contribution in [0.5, 0.6) is 0 Å². The van der Waals surface area contributed by atoms with Crippen LogP contribution in [0.1, 0.15) is 24.1 Å². The van der Waals surface area contributed by atoms with E-state index in [0.717, 1.165) is 27.5 Å². The summed E-state index contributed by atoms with van der Waals surface area (Å²) in [6, 6.07) is 22.1. The molecule has 0 fully saturated rings. The topological polar surface area (TPSA) is 85.8 Å². The Morgan fingerprint density at radius 1 is 1.07 bits per heavy atom. The van der Waals surface area contributed by atoms with E-state index in [1.165, 1.54) is 16.4 Å². The van der Waals surface area contributed by atoms with Crippen LogP contribution in [0.4, 0.5) is 0 Å². The Kier molecular flexibility index (Phi) is 5.72. The van der Waals surface area contributed by atoms with E-state index in [2.05, 4.69) is 33.7 Å². The normalized spacial score (nSPS) is 12.1. The molecule has 1 atom stereocenters. The lowest BCUT2D eigenvalue weighted by atomic mass is 10.00. The highest BCUT2D eigenvalue weighted by Crippen LogP contribution is 2.25. The van der Waals surface area contributed by atoms with Crippen molar-refractivity contribution in [3.63, 3.8) is 0 Å². The highest BCUT2D eigenvalue weighted by molar-refractivity contribution is 7.99. The van der Waals surface area contributed by atoms with Crippen molar-refractivity contribution < 1.29 is 4.79 Å². The zero-order valence-electron chi connectivity index (χ0n) is 16.9. The van der Waals surface area contributed by atoms with E-state index >= 15 is 0 Å². The summed E-state index contributed by atoms with van der Waals surface area (Å²) in [5, 5.41) is 14.2. The van der Waals surface area contributed by atoms with Gasteiger partial charge in [-0.25, -0.2) is 4.68 Å². The summed E-state index contributed by atoms with van der Waals surface area (Å²) in [7, 11) is 0. The fraction of sp³-hybridized carbons (Fsp3) is 0.174. The van der Waals surface area contributed by atoms with E-state index < -0.39 is 0 Å². The van der Waals surface area contributed by atoms with Crippen LogP contribution in [-0.2, 0) is 4.79 Å². The van der Waals surface area contributed by atoms with Crippen LogP contribution in [0.15, 0.2) is 71.9 Å². The predicted molar refractivity (Wildman–Crippen MR) is 122 cm³/mol. The number of thioether (sulfide) groups is 1. The highest BCUT2D eigenvalue weighted by atomic mass is 32.2. The minimum Gasteiger partial charge on any atom is -0.349 e. The van der Waals surface area contributed by atoms with Crippen LogP contribution in [0.25, 0.3) is 22.2 Å². The molecule has 0 saturated heterocycles. The lowest BCUT2D eigenvalue weighted by Crippen LogP contribution is -2.28. The molecule has 0 radical (unpaired) electrons. The van der Waals surface area contributed by atoms with Crippen molar-refractivity contribution in [2.75, 3.05) is 11.6 Å². The molecule has 0 aliphatic heterocycles. The van der Waals surface area contributed by atoms with Gasteiger partial charge in [0.1, 0.15) is 0 Å². The summed E-state index contributed by atoms with van der Waals surface area (Å²) in [6.45, 7) is 4.02. The molecule has 3 N–H and O–H groups in total. The van der Waals surface area contributed by atoms with Gasteiger partial charge in [0.25, 0.3) is 0 Å². The van der Waals surface area contributed by atoms with Crippen molar-refractivity contribution >= 4 is 28.4 Å². The number of carbonyl (C=O) groups is 1. The van der Waals surface area contributed by atoms with E-state index in [1.807, 2.05) is 62.4 Å². The Hall–Kier alpha value is -3.32. The molecule has 152 valence electrons. The van der Waals surface area contributed by atoms with Gasteiger partial charge in [0.15, 0.2) is 5.82 Å². The first kappa shape index (κ1) is 20.0. The van der Waals surface area contributed by atoms with Crippen LogP contribution < -0.4 is 11.2 Å². The number of benzene rings is 3. The van der Waals surface area contributed by atoms with E-state index in [4.69, 9.17) is 5.84 Å². The maximum absolute atomic E-state index is 12.5. The van der Waals surface area contributed by atoms with Crippen LogP contribution in [0, 0.1) is 6.92 Å². The van der Waals surface area contributed by atoms with Crippen molar-refractivity contribution in [3.05, 3.63) is 77.9 Å². The van der Waals surface area contributed by atoms with Crippen molar-refractivity contribution in [2.45, 2.75) is 25.0 Å². The molecular formula is C23H23N5OS. The summed E-state index contributed by atoms with van der Waals surface area (Å²) in [5.41, 5.74) is 3.14. The Bertz CT molecular complexity index is 1180. The SMILES string of the molecule is Cc1ccc(-c2nnc(SCC(=O)NC(C)c3cccc4ccccc34)n2N)cc1. The number of rotatable bonds is 6. The Morgan fingerprint density at radius 2 is 1.80 bits per heavy atom. The van der Waals surface area contributed by atoms with Crippen LogP contribution in [0.3, 0.4) is 0 Å². The first-order chi connectivity index (χ1) is 14.5. The number of nitrogens with zero attached hydrogens (tertiary/aromatic N) is 3. The van der Waals surface area contributed by atoms with Gasteiger partial charge in [0.2, 0.25) is 11.1 Å². The van der Waals surface area contributed by atoms with Crippen molar-refractivity contribution in [2.24, 2.45) is 0 Å². The van der Waals surface area contributed by atoms with Crippen molar-refractivity contribution in [1.82, 2.24) is 20.2 Å². The number of fused-ring (bicyclic) bond motifs is 1. The van der Waals surface area contributed by atoms with Crippen LogP contribution in [0.2, 0.25) is 0 Å². The Balaban J connectivity index is 1.41. The number of aromatic nitrogens is 3. The number of carbonyl (C=O) groups excluding carboxylic acids is 1. The van der Waals surface area contributed by atoms with Crippen molar-refractivity contribution in [1.29, 1.82) is 0 Å². The molecule has 0 saturated carbocycles. The average Bonchev–Trinajstić information content (AvgIpc) is 3.12. The maximum Gasteiger partial charge on any atom is 0.230 e. The van der Waals surface area contributed by atoms with Gasteiger partial charge < -0.3 is 11.2 Å². The van der Waals surface area contributed by atoms with Crippen molar-refractivity contribution in [3.8, 4) is 11.4 Å². The largest absolute Gasteiger partial charge is 0.349 e. The second-order valence-electron chi connectivity index (χ2n) is 7.19. The monoisotopic (exact) mass is 417 g/mol. The fourth-order valence-electron chi connectivity index (χ4n) is 3.39. The van der Waals surface area contributed by atoms with Gasteiger partial charge in [0, 0.05) is 5.56 Å². The number of nitrogens with two attached hydrogens (primary N) is 1. The lowest BCUT2D eigenvalue weighted by molar-refractivity contribution is -0.119. The van der Waals surface area contributed by atoms with Gasteiger partial charge in [-0.1, -0.05) is 84.1 Å². The summed E-state index contributed by atoms with van der Waals surface area (Å²) in [6.07, 6.45) is 0. The summed E-state index contributed by atoms with van der Waals surface area (Å²) >= 11 is 1.27. The van der Waals surface area contributed by atoms with Gasteiger partial charge in [-0.3, -0.25) is 4.79 Å². The second kappa shape index (κ2) is 8.59. The third-order valence-electron chi connectivity index (χ3n) is 4.97. The number of amides is 1. The molecular weight excluding hydrogens is 394 g/mol. The van der Waals surface area contributed by atoms with Crippen LogP contribution in [-0.4, -0.2) is 26.5 Å². The second-order valence-corrected chi connectivity index (χ2v) is 8.13. The Morgan fingerprint density at radius 3 is 2.60 bits per heavy atom.